The molecule has 2 aromatic heterocycles. The van der Waals surface area contributed by atoms with E-state index in [1.807, 2.05) is 31.2 Å². The van der Waals surface area contributed by atoms with Crippen LogP contribution < -0.4 is 5.73 Å². The van der Waals surface area contributed by atoms with E-state index in [1.165, 1.54) is 6.20 Å². The van der Waals surface area contributed by atoms with Crippen molar-refractivity contribution in [3.8, 4) is 11.1 Å². The maximum Gasteiger partial charge on any atom is 0.435 e. The monoisotopic (exact) mass is 292 g/mol. The molecule has 108 valence electrons. The van der Waals surface area contributed by atoms with Gasteiger partial charge < -0.3 is 5.73 Å². The third kappa shape index (κ3) is 2.20. The van der Waals surface area contributed by atoms with Gasteiger partial charge in [-0.3, -0.25) is 0 Å². The van der Waals surface area contributed by atoms with Gasteiger partial charge in [0.1, 0.15) is 0 Å². The molecular weight excluding hydrogens is 281 g/mol. The van der Waals surface area contributed by atoms with Crippen molar-refractivity contribution in [3.05, 3.63) is 47.9 Å². The van der Waals surface area contributed by atoms with Crippen LogP contribution in [-0.2, 0) is 6.18 Å². The Morgan fingerprint density at radius 1 is 1.10 bits per heavy atom. The zero-order valence-electron chi connectivity index (χ0n) is 11.0. The lowest BCUT2D eigenvalue weighted by Crippen LogP contribution is -2.16. The number of nitrogens with two attached hydrogens (primary N) is 1. The Bertz CT molecular complexity index is 803. The topological polar surface area (TPSA) is 56.2 Å². The second kappa shape index (κ2) is 4.47. The minimum Gasteiger partial charge on any atom is -0.396 e. The lowest BCUT2D eigenvalue weighted by Gasteiger charge is -2.11. The number of aryl methyl sites for hydroxylation is 1. The molecule has 0 saturated carbocycles. The smallest absolute Gasteiger partial charge is 0.396 e. The number of anilines is 1. The van der Waals surface area contributed by atoms with Crippen LogP contribution in [-0.4, -0.2) is 14.6 Å². The van der Waals surface area contributed by atoms with Crippen LogP contribution in [0.2, 0.25) is 0 Å². The molecule has 0 fully saturated rings. The van der Waals surface area contributed by atoms with Gasteiger partial charge in [0.05, 0.1) is 18.1 Å². The van der Waals surface area contributed by atoms with Crippen molar-refractivity contribution in [1.82, 2.24) is 14.6 Å². The highest BCUT2D eigenvalue weighted by molar-refractivity contribution is 5.77. The fourth-order valence-electron chi connectivity index (χ4n) is 2.16. The van der Waals surface area contributed by atoms with Gasteiger partial charge in [0.15, 0.2) is 11.3 Å². The Kier molecular flexibility index (Phi) is 2.86. The van der Waals surface area contributed by atoms with Gasteiger partial charge in [-0.1, -0.05) is 29.8 Å². The predicted octanol–water partition coefficient (Wildman–Crippen LogP) is 3.31. The number of alkyl halides is 3. The highest BCUT2D eigenvalue weighted by atomic mass is 19.4. The highest BCUT2D eigenvalue weighted by Crippen LogP contribution is 2.35. The molecule has 0 aliphatic carbocycles. The average Bonchev–Trinajstić information content (AvgIpc) is 2.81. The standard InChI is InChI=1S/C14H11F3N4/c1-8-2-4-9(5-3-8)10-6-20-21-12(14(15,16)17)11(18)7-19-13(10)21/h2-7H,18H2,1H3. The summed E-state index contributed by atoms with van der Waals surface area (Å²) in [6.45, 7) is 1.93. The first kappa shape index (κ1) is 13.4. The van der Waals surface area contributed by atoms with E-state index in [0.717, 1.165) is 21.8 Å². The molecule has 0 spiro atoms. The molecule has 2 N–H and O–H groups in total. The highest BCUT2D eigenvalue weighted by Gasteiger charge is 2.37. The molecule has 0 saturated heterocycles. The van der Waals surface area contributed by atoms with E-state index in [-0.39, 0.29) is 5.65 Å². The fourth-order valence-corrected chi connectivity index (χ4v) is 2.16. The Morgan fingerprint density at radius 3 is 2.38 bits per heavy atom. The number of aromatic nitrogens is 3. The van der Waals surface area contributed by atoms with Crippen molar-refractivity contribution in [1.29, 1.82) is 0 Å². The largest absolute Gasteiger partial charge is 0.435 e. The van der Waals surface area contributed by atoms with E-state index in [0.29, 0.717) is 5.56 Å². The Morgan fingerprint density at radius 2 is 1.76 bits per heavy atom. The molecule has 4 nitrogen and oxygen atoms in total. The number of rotatable bonds is 1. The van der Waals surface area contributed by atoms with E-state index in [1.54, 1.807) is 0 Å². The summed E-state index contributed by atoms with van der Waals surface area (Å²) in [7, 11) is 0. The third-order valence-corrected chi connectivity index (χ3v) is 3.19. The Balaban J connectivity index is 2.27. The maximum atomic E-state index is 13.1. The molecule has 0 unspecified atom stereocenters. The zero-order chi connectivity index (χ0) is 15.2. The second-order valence-electron chi connectivity index (χ2n) is 4.72. The summed E-state index contributed by atoms with van der Waals surface area (Å²) in [6, 6.07) is 7.39. The van der Waals surface area contributed by atoms with Crippen LogP contribution in [0.3, 0.4) is 0 Å². The summed E-state index contributed by atoms with van der Waals surface area (Å²) in [5, 5.41) is 3.80. The molecule has 7 heteroatoms. The summed E-state index contributed by atoms with van der Waals surface area (Å²) in [5.41, 5.74) is 6.40. The summed E-state index contributed by atoms with van der Waals surface area (Å²) in [5.74, 6) is 0. The number of nitrogen functional groups attached to an aromatic ring is 1. The van der Waals surface area contributed by atoms with Crippen LogP contribution >= 0.6 is 0 Å². The van der Waals surface area contributed by atoms with E-state index >= 15 is 0 Å². The zero-order valence-corrected chi connectivity index (χ0v) is 11.0. The first-order valence-corrected chi connectivity index (χ1v) is 6.14. The summed E-state index contributed by atoms with van der Waals surface area (Å²) < 4.78 is 40.0. The molecular formula is C14H11F3N4. The quantitative estimate of drug-likeness (QED) is 0.748. The normalized spacial score (nSPS) is 12.0. The minimum atomic E-state index is -4.60. The predicted molar refractivity (Wildman–Crippen MR) is 72.6 cm³/mol. The van der Waals surface area contributed by atoms with Crippen molar-refractivity contribution in [2.24, 2.45) is 0 Å². The van der Waals surface area contributed by atoms with E-state index in [9.17, 15) is 13.2 Å². The van der Waals surface area contributed by atoms with Gasteiger partial charge in [0.2, 0.25) is 0 Å². The number of halogens is 3. The summed E-state index contributed by atoms with van der Waals surface area (Å²) in [4.78, 5) is 3.99. The molecule has 0 bridgehead atoms. The second-order valence-corrected chi connectivity index (χ2v) is 4.72. The van der Waals surface area contributed by atoms with Crippen LogP contribution in [0, 0.1) is 6.92 Å². The minimum absolute atomic E-state index is 0.125. The van der Waals surface area contributed by atoms with Gasteiger partial charge in [0, 0.05) is 5.56 Å². The molecule has 0 radical (unpaired) electrons. The van der Waals surface area contributed by atoms with E-state index < -0.39 is 17.6 Å². The van der Waals surface area contributed by atoms with Gasteiger partial charge >= 0.3 is 6.18 Å². The molecule has 0 amide bonds. The van der Waals surface area contributed by atoms with Crippen LogP contribution in [0.15, 0.2) is 36.7 Å². The van der Waals surface area contributed by atoms with Crippen molar-refractivity contribution in [2.45, 2.75) is 13.1 Å². The van der Waals surface area contributed by atoms with Crippen molar-refractivity contribution in [3.63, 3.8) is 0 Å². The summed E-state index contributed by atoms with van der Waals surface area (Å²) >= 11 is 0. The fraction of sp³-hybridized carbons (Fsp3) is 0.143. The van der Waals surface area contributed by atoms with E-state index in [2.05, 4.69) is 10.1 Å². The Hall–Kier alpha value is -2.57. The molecule has 0 aliphatic rings. The van der Waals surface area contributed by atoms with Gasteiger partial charge in [-0.25, -0.2) is 9.50 Å². The number of benzene rings is 1. The first-order chi connectivity index (χ1) is 9.88. The molecule has 3 rings (SSSR count). The lowest BCUT2D eigenvalue weighted by molar-refractivity contribution is -0.141. The molecule has 3 aromatic rings. The van der Waals surface area contributed by atoms with Gasteiger partial charge in [-0.15, -0.1) is 0 Å². The first-order valence-electron chi connectivity index (χ1n) is 6.14. The average molecular weight is 292 g/mol. The van der Waals surface area contributed by atoms with Crippen LogP contribution in [0.1, 0.15) is 11.3 Å². The van der Waals surface area contributed by atoms with Crippen molar-refractivity contribution < 1.29 is 13.2 Å². The maximum absolute atomic E-state index is 13.1. The number of fused-ring (bicyclic) bond motifs is 1. The number of hydrogen-bond donors (Lipinski definition) is 1. The van der Waals surface area contributed by atoms with Gasteiger partial charge in [-0.2, -0.15) is 18.3 Å². The molecule has 21 heavy (non-hydrogen) atoms. The number of hydrogen-bond acceptors (Lipinski definition) is 3. The Labute approximate surface area is 118 Å². The molecule has 0 aliphatic heterocycles. The third-order valence-electron chi connectivity index (χ3n) is 3.19. The molecule has 0 atom stereocenters. The van der Waals surface area contributed by atoms with Gasteiger partial charge in [-0.05, 0) is 12.5 Å². The van der Waals surface area contributed by atoms with Crippen LogP contribution in [0.25, 0.3) is 16.8 Å². The molecule has 1 aromatic carbocycles. The van der Waals surface area contributed by atoms with Crippen molar-refractivity contribution >= 4 is 11.3 Å². The van der Waals surface area contributed by atoms with E-state index in [4.69, 9.17) is 5.73 Å². The van der Waals surface area contributed by atoms with Crippen LogP contribution in [0.4, 0.5) is 18.9 Å². The van der Waals surface area contributed by atoms with Gasteiger partial charge in [0.25, 0.3) is 0 Å². The van der Waals surface area contributed by atoms with Crippen molar-refractivity contribution in [2.75, 3.05) is 5.73 Å². The summed E-state index contributed by atoms with van der Waals surface area (Å²) in [6.07, 6.45) is -2.22. The lowest BCUT2D eigenvalue weighted by atomic mass is 10.1. The van der Waals surface area contributed by atoms with Crippen LogP contribution in [0.5, 0.6) is 0 Å². The SMILES string of the molecule is Cc1ccc(-c2cnn3c(C(F)(F)F)c(N)cnc23)cc1. The number of nitrogens with zero attached hydrogens (tertiary/aromatic N) is 3. The molecule has 2 heterocycles.